The fourth-order valence-electron chi connectivity index (χ4n) is 12.8. The van der Waals surface area contributed by atoms with Crippen molar-refractivity contribution in [2.75, 3.05) is 16.5 Å². The van der Waals surface area contributed by atoms with Gasteiger partial charge >= 0.3 is 0 Å². The summed E-state index contributed by atoms with van der Waals surface area (Å²) >= 11 is 0. The number of ether oxygens (including phenoxy) is 1. The van der Waals surface area contributed by atoms with E-state index in [2.05, 4.69) is 238 Å². The number of para-hydroxylation sites is 4. The first-order valence-corrected chi connectivity index (χ1v) is 30.6. The van der Waals surface area contributed by atoms with E-state index in [0.717, 1.165) is 100 Å². The standard InChI is InChI=1S/C81H79N5O2/c1-77(2,3)53-39-40-83-71(46-53)86-69-38-37-62-61-29-23-32-66(82-16)75(61)88-76(62)73(69)63-36-35-57(48-70(63)86)87-58-44-52(72-64(80(10,11)12)30-24-31-65(72)81(13,14)15)43-56(47-58)84-49-85(68-34-21-20-33-67(68)84)74-59(50-25-18-17-19-26-50)27-22-28-60(74)51-41-54(78(4,5)6)45-55(42-51)79(7,8)9/h17-48H,49H2,1-15H3/i17D,18D,19D,25D,26D. The van der Waals surface area contributed by atoms with Gasteiger partial charge in [-0.15, -0.1) is 0 Å². The lowest BCUT2D eigenvalue weighted by Crippen LogP contribution is -2.25. The zero-order valence-corrected chi connectivity index (χ0v) is 53.3. The van der Waals surface area contributed by atoms with Crippen molar-refractivity contribution >= 4 is 72.2 Å². The average molecular weight is 1160 g/mol. The van der Waals surface area contributed by atoms with Gasteiger partial charge in [0.25, 0.3) is 0 Å². The third-order valence-electron chi connectivity index (χ3n) is 17.5. The number of nitrogens with zero attached hydrogens (tertiary/aromatic N) is 5. The van der Waals surface area contributed by atoms with E-state index in [0.29, 0.717) is 33.9 Å². The maximum atomic E-state index is 9.50. The summed E-state index contributed by atoms with van der Waals surface area (Å²) in [7, 11) is 0. The molecule has 0 saturated carbocycles. The first-order chi connectivity index (χ1) is 43.8. The number of furan rings is 1. The number of rotatable bonds is 8. The second-order valence-corrected chi connectivity index (χ2v) is 28.9. The van der Waals surface area contributed by atoms with Gasteiger partial charge in [-0.05, 0) is 138 Å². The van der Waals surface area contributed by atoms with Crippen LogP contribution in [0.25, 0.3) is 87.8 Å². The van der Waals surface area contributed by atoms with Crippen LogP contribution >= 0.6 is 0 Å². The summed E-state index contributed by atoms with van der Waals surface area (Å²) in [5.74, 6) is 1.96. The van der Waals surface area contributed by atoms with Crippen molar-refractivity contribution < 1.29 is 16.0 Å². The smallest absolute Gasteiger partial charge is 0.229 e. The minimum absolute atomic E-state index is 0.132. The van der Waals surface area contributed by atoms with E-state index in [9.17, 15) is 2.74 Å². The Balaban J connectivity index is 1.05. The van der Waals surface area contributed by atoms with Crippen molar-refractivity contribution in [3.8, 4) is 50.7 Å². The molecule has 0 fully saturated rings. The summed E-state index contributed by atoms with van der Waals surface area (Å²) in [5, 5.41) is 3.66. The number of anilines is 4. The molecule has 4 heterocycles. The number of pyridine rings is 1. The van der Waals surface area contributed by atoms with Crippen LogP contribution in [0.1, 0.15) is 139 Å². The van der Waals surface area contributed by atoms with Crippen LogP contribution in [-0.4, -0.2) is 16.2 Å². The summed E-state index contributed by atoms with van der Waals surface area (Å²) in [6, 6.07) is 53.0. The van der Waals surface area contributed by atoms with Crippen molar-refractivity contribution in [2.24, 2.45) is 0 Å². The lowest BCUT2D eigenvalue weighted by atomic mass is 9.74. The number of benzene rings is 9. The lowest BCUT2D eigenvalue weighted by molar-refractivity contribution is 0.483. The first-order valence-electron chi connectivity index (χ1n) is 33.1. The summed E-state index contributed by atoms with van der Waals surface area (Å²) in [5.41, 5.74) is 16.2. The molecule has 9 aromatic carbocycles. The first kappa shape index (κ1) is 51.8. The number of fused-ring (bicyclic) bond motifs is 8. The van der Waals surface area contributed by atoms with E-state index >= 15 is 0 Å². The molecule has 7 heteroatoms. The van der Waals surface area contributed by atoms with Crippen LogP contribution in [0.4, 0.5) is 28.4 Å². The van der Waals surface area contributed by atoms with E-state index in [1.165, 1.54) is 11.1 Å². The molecule has 12 aromatic rings. The Morgan fingerprint density at radius 1 is 0.500 bits per heavy atom. The van der Waals surface area contributed by atoms with Crippen LogP contribution in [0, 0.1) is 6.57 Å². The summed E-state index contributed by atoms with van der Waals surface area (Å²) in [4.78, 5) is 13.5. The van der Waals surface area contributed by atoms with Crippen LogP contribution in [0.2, 0.25) is 0 Å². The fourth-order valence-corrected chi connectivity index (χ4v) is 12.8. The maximum Gasteiger partial charge on any atom is 0.229 e. The highest BCUT2D eigenvalue weighted by Gasteiger charge is 2.34. The third kappa shape index (κ3) is 10.2. The Kier molecular flexibility index (Phi) is 12.3. The van der Waals surface area contributed by atoms with Gasteiger partial charge in [0.2, 0.25) is 5.69 Å². The lowest BCUT2D eigenvalue weighted by Gasteiger charge is -2.31. The van der Waals surface area contributed by atoms with Gasteiger partial charge in [0.15, 0.2) is 0 Å². The zero-order valence-electron chi connectivity index (χ0n) is 58.3. The zero-order chi connectivity index (χ0) is 66.3. The summed E-state index contributed by atoms with van der Waals surface area (Å²) in [6.45, 7) is 41.9. The highest BCUT2D eigenvalue weighted by atomic mass is 16.5. The molecule has 0 unspecified atom stereocenters. The second-order valence-electron chi connectivity index (χ2n) is 28.9. The van der Waals surface area contributed by atoms with E-state index in [1.54, 1.807) is 6.07 Å². The van der Waals surface area contributed by atoms with E-state index in [4.69, 9.17) is 24.8 Å². The van der Waals surface area contributed by atoms with Crippen LogP contribution in [0.5, 0.6) is 11.5 Å². The van der Waals surface area contributed by atoms with E-state index in [1.807, 2.05) is 42.6 Å². The van der Waals surface area contributed by atoms with Gasteiger partial charge in [0.05, 0.1) is 46.9 Å². The van der Waals surface area contributed by atoms with E-state index < -0.39 is 18.1 Å². The van der Waals surface area contributed by atoms with Crippen LogP contribution in [0.15, 0.2) is 199 Å². The van der Waals surface area contributed by atoms with Crippen molar-refractivity contribution in [1.82, 2.24) is 9.55 Å². The number of hydrogen-bond donors (Lipinski definition) is 0. The van der Waals surface area contributed by atoms with Gasteiger partial charge in [0.1, 0.15) is 35.2 Å². The maximum absolute atomic E-state index is 9.50. The Hall–Kier alpha value is -9.38. The van der Waals surface area contributed by atoms with Gasteiger partial charge in [-0.3, -0.25) is 4.57 Å². The predicted octanol–water partition coefficient (Wildman–Crippen LogP) is 23.2. The van der Waals surface area contributed by atoms with Crippen molar-refractivity contribution in [3.63, 3.8) is 0 Å². The average Bonchev–Trinajstić information content (AvgIpc) is 1.60. The highest BCUT2D eigenvalue weighted by molar-refractivity contribution is 6.24. The van der Waals surface area contributed by atoms with Crippen LogP contribution in [-0.2, 0) is 27.1 Å². The molecule has 0 spiro atoms. The normalized spacial score (nSPS) is 14.1. The molecule has 0 N–H and O–H groups in total. The summed E-state index contributed by atoms with van der Waals surface area (Å²) in [6.07, 6.45) is 1.88. The monoisotopic (exact) mass is 1160 g/mol. The third-order valence-corrected chi connectivity index (χ3v) is 17.5. The predicted molar refractivity (Wildman–Crippen MR) is 370 cm³/mol. The SMILES string of the molecule is [2H]c1c([2H])c([2H])c(-c2cccc(-c3cc(C(C)(C)C)cc(C(C)(C)C)c3)c2N2CN(c3cc(Oc4ccc5c6c7oc8c([N+]#[C-])cccc8c7ccc6n(-c6cc(C(C)(C)C)ccn6)c5c4)cc(-c4c(C(C)(C)C)cccc4C(C)(C)C)c3)c3ccccc32)c([2H])c1[2H]. The highest BCUT2D eigenvalue weighted by Crippen LogP contribution is 2.53. The molecule has 13 rings (SSSR count). The number of aromatic nitrogens is 2. The summed E-state index contributed by atoms with van der Waals surface area (Å²) < 4.78 is 62.0. The van der Waals surface area contributed by atoms with Gasteiger partial charge in [-0.1, -0.05) is 219 Å². The molecule has 0 bridgehead atoms. The topological polar surface area (TPSA) is 51.0 Å². The Morgan fingerprint density at radius 2 is 1.11 bits per heavy atom. The molecule has 0 amide bonds. The molecule has 1 aliphatic rings. The molecule has 0 radical (unpaired) electrons. The molecule has 3 aromatic heterocycles. The van der Waals surface area contributed by atoms with Crippen molar-refractivity contribution in [1.29, 1.82) is 0 Å². The molecule has 0 atom stereocenters. The molecule has 7 nitrogen and oxygen atoms in total. The largest absolute Gasteiger partial charge is 0.466 e. The Morgan fingerprint density at radius 3 is 1.76 bits per heavy atom. The van der Waals surface area contributed by atoms with Crippen molar-refractivity contribution in [2.45, 2.75) is 131 Å². The molecular weight excluding hydrogens is 1070 g/mol. The molecule has 440 valence electrons. The van der Waals surface area contributed by atoms with Gasteiger partial charge in [-0.25, -0.2) is 9.83 Å². The van der Waals surface area contributed by atoms with Gasteiger partial charge in [-0.2, -0.15) is 0 Å². The van der Waals surface area contributed by atoms with E-state index in [-0.39, 0.29) is 51.4 Å². The Labute approximate surface area is 526 Å². The van der Waals surface area contributed by atoms with Crippen molar-refractivity contribution in [3.05, 3.63) is 233 Å². The van der Waals surface area contributed by atoms with Gasteiger partial charge in [0, 0.05) is 51.3 Å². The number of hydrogen-bond acceptors (Lipinski definition) is 5. The molecule has 0 saturated heterocycles. The fraction of sp³-hybridized carbons (Fsp3) is 0.259. The van der Waals surface area contributed by atoms with Crippen LogP contribution < -0.4 is 14.5 Å². The minimum atomic E-state index is -0.441. The molecule has 0 aliphatic carbocycles. The Bertz CT molecular complexity index is 5020. The quantitative estimate of drug-likeness (QED) is 0.142. The van der Waals surface area contributed by atoms with Crippen LogP contribution in [0.3, 0.4) is 0 Å². The second kappa shape index (κ2) is 20.9. The molecule has 1 aliphatic heterocycles. The van der Waals surface area contributed by atoms with Gasteiger partial charge < -0.3 is 19.0 Å². The molecular formula is C81H79N5O2. The molecule has 88 heavy (non-hydrogen) atoms. The minimum Gasteiger partial charge on any atom is -0.466 e.